The summed E-state index contributed by atoms with van der Waals surface area (Å²) in [5, 5.41) is 6.35. The molecule has 1 aromatic carbocycles. The molecule has 3 heteroatoms. The molecule has 2 rings (SSSR count). The number of carbonyl (C=O) groups excluding carboxylic acids is 1. The Labute approximate surface area is 115 Å². The zero-order chi connectivity index (χ0) is 13.7. The van der Waals surface area contributed by atoms with Crippen molar-refractivity contribution < 1.29 is 4.79 Å². The van der Waals surface area contributed by atoms with Crippen molar-refractivity contribution in [3.63, 3.8) is 0 Å². The Hall–Kier alpha value is -1.35. The third kappa shape index (κ3) is 3.57. The number of hydrogen-bond acceptors (Lipinski definition) is 2. The number of rotatable bonds is 4. The smallest absolute Gasteiger partial charge is 0.231 e. The van der Waals surface area contributed by atoms with E-state index in [1.165, 1.54) is 5.56 Å². The van der Waals surface area contributed by atoms with Crippen LogP contribution in [0.25, 0.3) is 0 Å². The summed E-state index contributed by atoms with van der Waals surface area (Å²) in [5.41, 5.74) is 1.95. The summed E-state index contributed by atoms with van der Waals surface area (Å²) in [5.74, 6) is 0.128. The molecule has 0 aliphatic carbocycles. The highest BCUT2D eigenvalue weighted by atomic mass is 16.2. The minimum atomic E-state index is -0.277. The molecule has 0 aromatic heterocycles. The second-order valence-electron chi connectivity index (χ2n) is 5.74. The van der Waals surface area contributed by atoms with Crippen molar-refractivity contribution >= 4 is 11.6 Å². The molecule has 1 aliphatic heterocycles. The van der Waals surface area contributed by atoms with Gasteiger partial charge in [-0.3, -0.25) is 4.79 Å². The Morgan fingerprint density at radius 2 is 2.11 bits per heavy atom. The summed E-state index contributed by atoms with van der Waals surface area (Å²) in [4.78, 5) is 12.3. The molecular formula is C16H24N2O. The SMILES string of the molecule is CCCc1ccc(NC(=O)C2(C)CCCNC2)cc1. The molecule has 1 aliphatic rings. The topological polar surface area (TPSA) is 41.1 Å². The molecule has 104 valence electrons. The van der Waals surface area contributed by atoms with Gasteiger partial charge in [0.05, 0.1) is 5.41 Å². The number of carbonyl (C=O) groups is 1. The first-order valence-corrected chi connectivity index (χ1v) is 7.25. The lowest BCUT2D eigenvalue weighted by atomic mass is 9.82. The fourth-order valence-electron chi connectivity index (χ4n) is 2.58. The Bertz CT molecular complexity index is 419. The van der Waals surface area contributed by atoms with Crippen molar-refractivity contribution in [3.8, 4) is 0 Å². The summed E-state index contributed by atoms with van der Waals surface area (Å²) >= 11 is 0. The maximum Gasteiger partial charge on any atom is 0.231 e. The number of amides is 1. The van der Waals surface area contributed by atoms with Crippen LogP contribution in [0.5, 0.6) is 0 Å². The van der Waals surface area contributed by atoms with E-state index in [4.69, 9.17) is 0 Å². The summed E-state index contributed by atoms with van der Waals surface area (Å²) < 4.78 is 0. The lowest BCUT2D eigenvalue weighted by Gasteiger charge is -2.32. The molecule has 0 radical (unpaired) electrons. The van der Waals surface area contributed by atoms with E-state index >= 15 is 0 Å². The standard InChI is InChI=1S/C16H24N2O/c1-3-5-13-6-8-14(9-7-13)18-15(19)16(2)10-4-11-17-12-16/h6-9,17H,3-5,10-12H2,1-2H3,(H,18,19). The first kappa shape index (κ1) is 14.1. The summed E-state index contributed by atoms with van der Waals surface area (Å²) in [6.07, 6.45) is 4.27. The van der Waals surface area contributed by atoms with Crippen molar-refractivity contribution in [1.82, 2.24) is 5.32 Å². The van der Waals surface area contributed by atoms with Crippen molar-refractivity contribution in [2.75, 3.05) is 18.4 Å². The Kier molecular flexibility index (Phi) is 4.59. The van der Waals surface area contributed by atoms with Crippen LogP contribution < -0.4 is 10.6 Å². The number of aryl methyl sites for hydroxylation is 1. The molecule has 1 aromatic rings. The number of piperidine rings is 1. The van der Waals surface area contributed by atoms with Crippen LogP contribution in [0.1, 0.15) is 38.7 Å². The van der Waals surface area contributed by atoms with Crippen molar-refractivity contribution in [2.24, 2.45) is 5.41 Å². The molecule has 0 bridgehead atoms. The molecule has 1 fully saturated rings. The van der Waals surface area contributed by atoms with Gasteiger partial charge in [0, 0.05) is 12.2 Å². The van der Waals surface area contributed by atoms with E-state index in [1.54, 1.807) is 0 Å². The first-order valence-electron chi connectivity index (χ1n) is 7.25. The Morgan fingerprint density at radius 3 is 2.68 bits per heavy atom. The summed E-state index contributed by atoms with van der Waals surface area (Å²) in [6, 6.07) is 8.20. The van der Waals surface area contributed by atoms with Gasteiger partial charge in [-0.25, -0.2) is 0 Å². The number of nitrogens with one attached hydrogen (secondary N) is 2. The number of benzene rings is 1. The summed E-state index contributed by atoms with van der Waals surface area (Å²) in [7, 11) is 0. The lowest BCUT2D eigenvalue weighted by Crippen LogP contribution is -2.46. The molecule has 1 amide bonds. The third-order valence-corrected chi connectivity index (χ3v) is 3.90. The second kappa shape index (κ2) is 6.20. The van der Waals surface area contributed by atoms with Crippen LogP contribution in [0.4, 0.5) is 5.69 Å². The quantitative estimate of drug-likeness (QED) is 0.874. The summed E-state index contributed by atoms with van der Waals surface area (Å²) in [6.45, 7) is 6.01. The van der Waals surface area contributed by atoms with Gasteiger partial charge in [0.15, 0.2) is 0 Å². The van der Waals surface area contributed by atoms with Gasteiger partial charge in [-0.2, -0.15) is 0 Å². The van der Waals surface area contributed by atoms with Gasteiger partial charge in [0.2, 0.25) is 5.91 Å². The van der Waals surface area contributed by atoms with Gasteiger partial charge in [-0.1, -0.05) is 25.5 Å². The largest absolute Gasteiger partial charge is 0.326 e. The van der Waals surface area contributed by atoms with Gasteiger partial charge < -0.3 is 10.6 Å². The molecule has 1 saturated heterocycles. The second-order valence-corrected chi connectivity index (χ2v) is 5.74. The maximum atomic E-state index is 12.3. The molecule has 1 unspecified atom stereocenters. The zero-order valence-corrected chi connectivity index (χ0v) is 12.0. The highest BCUT2D eigenvalue weighted by Crippen LogP contribution is 2.27. The molecule has 2 N–H and O–H groups in total. The normalized spacial score (nSPS) is 23.1. The van der Waals surface area contributed by atoms with Crippen LogP contribution in [0.3, 0.4) is 0 Å². The monoisotopic (exact) mass is 260 g/mol. The average Bonchev–Trinajstić information content (AvgIpc) is 2.42. The minimum Gasteiger partial charge on any atom is -0.326 e. The molecule has 0 spiro atoms. The van der Waals surface area contributed by atoms with Crippen LogP contribution in [-0.2, 0) is 11.2 Å². The highest BCUT2D eigenvalue weighted by Gasteiger charge is 2.34. The van der Waals surface area contributed by atoms with E-state index in [0.717, 1.165) is 44.5 Å². The molecule has 1 atom stereocenters. The van der Waals surface area contributed by atoms with E-state index < -0.39 is 0 Å². The number of hydrogen-bond donors (Lipinski definition) is 2. The Balaban J connectivity index is 1.98. The third-order valence-electron chi connectivity index (χ3n) is 3.90. The Morgan fingerprint density at radius 1 is 1.37 bits per heavy atom. The van der Waals surface area contributed by atoms with Gasteiger partial charge in [-0.15, -0.1) is 0 Å². The zero-order valence-electron chi connectivity index (χ0n) is 12.0. The fourth-order valence-corrected chi connectivity index (χ4v) is 2.58. The van der Waals surface area contributed by atoms with Gasteiger partial charge >= 0.3 is 0 Å². The number of anilines is 1. The van der Waals surface area contributed by atoms with E-state index in [2.05, 4.69) is 29.7 Å². The van der Waals surface area contributed by atoms with E-state index in [-0.39, 0.29) is 11.3 Å². The highest BCUT2D eigenvalue weighted by molar-refractivity contribution is 5.95. The fraction of sp³-hybridized carbons (Fsp3) is 0.562. The van der Waals surface area contributed by atoms with Crippen molar-refractivity contribution in [1.29, 1.82) is 0 Å². The van der Waals surface area contributed by atoms with Gasteiger partial charge in [0.25, 0.3) is 0 Å². The molecule has 19 heavy (non-hydrogen) atoms. The van der Waals surface area contributed by atoms with E-state index in [1.807, 2.05) is 19.1 Å². The van der Waals surface area contributed by atoms with Crippen LogP contribution >= 0.6 is 0 Å². The molecule has 0 saturated carbocycles. The van der Waals surface area contributed by atoms with Crippen LogP contribution in [0, 0.1) is 5.41 Å². The van der Waals surface area contributed by atoms with Gasteiger partial charge in [-0.05, 0) is 50.4 Å². The lowest BCUT2D eigenvalue weighted by molar-refractivity contribution is -0.125. The minimum absolute atomic E-state index is 0.128. The molecular weight excluding hydrogens is 236 g/mol. The van der Waals surface area contributed by atoms with Crippen molar-refractivity contribution in [3.05, 3.63) is 29.8 Å². The van der Waals surface area contributed by atoms with Gasteiger partial charge in [0.1, 0.15) is 0 Å². The first-order chi connectivity index (χ1) is 9.14. The average molecular weight is 260 g/mol. The predicted molar refractivity (Wildman–Crippen MR) is 79.3 cm³/mol. The van der Waals surface area contributed by atoms with Crippen LogP contribution in [0.2, 0.25) is 0 Å². The van der Waals surface area contributed by atoms with E-state index in [9.17, 15) is 4.79 Å². The molecule has 3 nitrogen and oxygen atoms in total. The van der Waals surface area contributed by atoms with Crippen molar-refractivity contribution in [2.45, 2.75) is 39.5 Å². The van der Waals surface area contributed by atoms with Crippen LogP contribution in [-0.4, -0.2) is 19.0 Å². The van der Waals surface area contributed by atoms with Crippen LogP contribution in [0.15, 0.2) is 24.3 Å². The molecule has 1 heterocycles. The van der Waals surface area contributed by atoms with E-state index in [0.29, 0.717) is 0 Å². The predicted octanol–water partition coefficient (Wildman–Crippen LogP) is 2.97. The maximum absolute atomic E-state index is 12.3.